The number of benzene rings is 1. The molecule has 19 heavy (non-hydrogen) atoms. The summed E-state index contributed by atoms with van der Waals surface area (Å²) in [6, 6.07) is 10.4. The second kappa shape index (κ2) is 6.89. The zero-order chi connectivity index (χ0) is 13.8. The van der Waals surface area contributed by atoms with Crippen LogP contribution in [0.5, 0.6) is 0 Å². The van der Waals surface area contributed by atoms with Crippen LogP contribution in [0, 0.1) is 6.92 Å². The van der Waals surface area contributed by atoms with Crippen LogP contribution in [0.3, 0.4) is 0 Å². The van der Waals surface area contributed by atoms with Gasteiger partial charge in [0.15, 0.2) is 0 Å². The van der Waals surface area contributed by atoms with Gasteiger partial charge in [0.25, 0.3) is 0 Å². The number of hydrogen-bond acceptors (Lipinski definition) is 2. The molecular formula is C15H17BrClNS. The minimum Gasteiger partial charge on any atom is -0.306 e. The molecule has 1 unspecified atom stereocenters. The summed E-state index contributed by atoms with van der Waals surface area (Å²) in [4.78, 5) is 2.59. The summed E-state index contributed by atoms with van der Waals surface area (Å²) in [6.07, 6.45) is 1.10. The average Bonchev–Trinajstić information content (AvgIpc) is 2.72. The molecule has 0 saturated carbocycles. The highest BCUT2D eigenvalue weighted by Crippen LogP contribution is 2.35. The van der Waals surface area contributed by atoms with E-state index in [2.05, 4.69) is 47.2 Å². The molecular weight excluding hydrogens is 342 g/mol. The van der Waals surface area contributed by atoms with Crippen LogP contribution in [0.2, 0.25) is 5.02 Å². The van der Waals surface area contributed by atoms with Gasteiger partial charge < -0.3 is 5.32 Å². The quantitative estimate of drug-likeness (QED) is 0.737. The molecule has 0 spiro atoms. The van der Waals surface area contributed by atoms with Crippen LogP contribution >= 0.6 is 38.9 Å². The van der Waals surface area contributed by atoms with Gasteiger partial charge >= 0.3 is 0 Å². The van der Waals surface area contributed by atoms with Gasteiger partial charge in [-0.25, -0.2) is 0 Å². The maximum Gasteiger partial charge on any atom is 0.0686 e. The van der Waals surface area contributed by atoms with Gasteiger partial charge in [-0.1, -0.05) is 36.7 Å². The number of aryl methyl sites for hydroxylation is 1. The Morgan fingerprint density at radius 3 is 2.68 bits per heavy atom. The lowest BCUT2D eigenvalue weighted by Gasteiger charge is -2.19. The summed E-state index contributed by atoms with van der Waals surface area (Å²) in [5.74, 6) is 0. The van der Waals surface area contributed by atoms with E-state index < -0.39 is 0 Å². The fourth-order valence-electron chi connectivity index (χ4n) is 1.99. The largest absolute Gasteiger partial charge is 0.306 e. The summed E-state index contributed by atoms with van der Waals surface area (Å²) in [6.45, 7) is 5.28. The van der Waals surface area contributed by atoms with Crippen molar-refractivity contribution < 1.29 is 0 Å². The molecule has 0 radical (unpaired) electrons. The molecule has 1 nitrogen and oxygen atoms in total. The molecule has 1 aromatic carbocycles. The lowest BCUT2D eigenvalue weighted by atomic mass is 10.1. The topological polar surface area (TPSA) is 12.0 Å². The number of nitrogens with one attached hydrogen (secondary N) is 1. The van der Waals surface area contributed by atoms with Gasteiger partial charge in [-0.2, -0.15) is 0 Å². The summed E-state index contributed by atoms with van der Waals surface area (Å²) < 4.78 is 1.17. The van der Waals surface area contributed by atoms with Gasteiger partial charge in [-0.3, -0.25) is 0 Å². The first-order chi connectivity index (χ1) is 9.13. The van der Waals surface area contributed by atoms with Crippen LogP contribution in [-0.2, 0) is 0 Å². The Morgan fingerprint density at radius 1 is 1.37 bits per heavy atom. The molecule has 1 N–H and O–H groups in total. The second-order valence-corrected chi connectivity index (χ2v) is 7.01. The number of halogens is 2. The number of thiophene rings is 1. The van der Waals surface area contributed by atoms with E-state index >= 15 is 0 Å². The van der Waals surface area contributed by atoms with Gasteiger partial charge in [-0.05, 0) is 53.5 Å². The van der Waals surface area contributed by atoms with Crippen LogP contribution < -0.4 is 5.32 Å². The number of hydrogen-bond donors (Lipinski definition) is 1. The molecule has 1 atom stereocenters. The lowest BCUT2D eigenvalue weighted by molar-refractivity contribution is 0.606. The summed E-state index contributed by atoms with van der Waals surface area (Å²) in [5, 5.41) is 4.41. The third-order valence-electron chi connectivity index (χ3n) is 2.98. The van der Waals surface area contributed by atoms with Gasteiger partial charge in [0.2, 0.25) is 0 Å². The van der Waals surface area contributed by atoms with Crippen molar-refractivity contribution in [1.82, 2.24) is 5.32 Å². The Morgan fingerprint density at radius 2 is 2.11 bits per heavy atom. The van der Waals surface area contributed by atoms with Crippen molar-refractivity contribution in [2.45, 2.75) is 26.3 Å². The Hall–Kier alpha value is -0.350. The fourth-order valence-corrected chi connectivity index (χ4v) is 3.89. The minimum absolute atomic E-state index is 0.170. The molecule has 0 aliphatic heterocycles. The first kappa shape index (κ1) is 15.0. The molecule has 0 aliphatic carbocycles. The van der Waals surface area contributed by atoms with E-state index in [9.17, 15) is 0 Å². The summed E-state index contributed by atoms with van der Waals surface area (Å²) >= 11 is 11.7. The first-order valence-corrected chi connectivity index (χ1v) is 8.36. The predicted molar refractivity (Wildman–Crippen MR) is 88.3 cm³/mol. The normalized spacial score (nSPS) is 12.6. The van der Waals surface area contributed by atoms with Gasteiger partial charge in [0, 0.05) is 19.2 Å². The van der Waals surface area contributed by atoms with Gasteiger partial charge in [0.1, 0.15) is 0 Å². The third kappa shape index (κ3) is 3.60. The molecule has 0 saturated heterocycles. The first-order valence-electron chi connectivity index (χ1n) is 6.37. The Balaban J connectivity index is 2.38. The predicted octanol–water partition coefficient (Wildman–Crippen LogP) is 5.56. The minimum atomic E-state index is 0.170. The van der Waals surface area contributed by atoms with Crippen LogP contribution in [-0.4, -0.2) is 6.54 Å². The van der Waals surface area contributed by atoms with Crippen LogP contribution in [0.25, 0.3) is 0 Å². The van der Waals surface area contributed by atoms with E-state index in [-0.39, 0.29) is 6.04 Å². The van der Waals surface area contributed by atoms with E-state index in [0.29, 0.717) is 0 Å². The molecule has 2 rings (SSSR count). The smallest absolute Gasteiger partial charge is 0.0686 e. The van der Waals surface area contributed by atoms with Crippen LogP contribution in [0.4, 0.5) is 0 Å². The molecule has 1 aromatic heterocycles. The third-order valence-corrected chi connectivity index (χ3v) is 5.52. The SMILES string of the molecule is CCCNC(c1cc(Br)c(C)s1)c1ccccc1Cl. The second-order valence-electron chi connectivity index (χ2n) is 4.46. The fraction of sp³-hybridized carbons (Fsp3) is 0.333. The molecule has 0 bridgehead atoms. The lowest BCUT2D eigenvalue weighted by Crippen LogP contribution is -2.22. The van der Waals surface area contributed by atoms with Crippen molar-refractivity contribution >= 4 is 38.9 Å². The van der Waals surface area contributed by atoms with E-state index in [1.807, 2.05) is 29.5 Å². The van der Waals surface area contributed by atoms with E-state index in [1.54, 1.807) is 0 Å². The van der Waals surface area contributed by atoms with Crippen LogP contribution in [0.1, 0.15) is 34.7 Å². The van der Waals surface area contributed by atoms with Crippen molar-refractivity contribution in [3.63, 3.8) is 0 Å². The Kier molecular flexibility index (Phi) is 5.46. The molecule has 0 fully saturated rings. The van der Waals surface area contributed by atoms with Gasteiger partial charge in [0.05, 0.1) is 6.04 Å². The number of rotatable bonds is 5. The zero-order valence-electron chi connectivity index (χ0n) is 11.0. The van der Waals surface area contributed by atoms with Crippen molar-refractivity contribution in [2.75, 3.05) is 6.54 Å². The standard InChI is InChI=1S/C15H17BrClNS/c1-3-8-18-15(11-6-4-5-7-13(11)17)14-9-12(16)10(2)19-14/h4-7,9,15,18H,3,8H2,1-2H3. The Labute approximate surface area is 132 Å². The van der Waals surface area contributed by atoms with Crippen molar-refractivity contribution in [2.24, 2.45) is 0 Å². The maximum atomic E-state index is 6.35. The van der Waals surface area contributed by atoms with Gasteiger partial charge in [-0.15, -0.1) is 11.3 Å². The van der Waals surface area contributed by atoms with E-state index in [4.69, 9.17) is 11.6 Å². The highest BCUT2D eigenvalue weighted by atomic mass is 79.9. The summed E-state index contributed by atoms with van der Waals surface area (Å²) in [5.41, 5.74) is 1.14. The van der Waals surface area contributed by atoms with E-state index in [1.165, 1.54) is 14.2 Å². The van der Waals surface area contributed by atoms with Crippen LogP contribution in [0.15, 0.2) is 34.8 Å². The van der Waals surface area contributed by atoms with Crippen molar-refractivity contribution in [3.05, 3.63) is 55.1 Å². The molecule has 2 aromatic rings. The average molecular weight is 359 g/mol. The van der Waals surface area contributed by atoms with Crippen molar-refractivity contribution in [1.29, 1.82) is 0 Å². The zero-order valence-corrected chi connectivity index (χ0v) is 14.2. The molecule has 0 amide bonds. The molecule has 1 heterocycles. The Bertz CT molecular complexity index is 533. The molecule has 102 valence electrons. The molecule has 4 heteroatoms. The monoisotopic (exact) mass is 357 g/mol. The highest BCUT2D eigenvalue weighted by molar-refractivity contribution is 9.10. The van der Waals surface area contributed by atoms with E-state index in [0.717, 1.165) is 23.6 Å². The maximum absolute atomic E-state index is 6.35. The molecule has 0 aliphatic rings. The highest BCUT2D eigenvalue weighted by Gasteiger charge is 2.18. The van der Waals surface area contributed by atoms with Crippen molar-refractivity contribution in [3.8, 4) is 0 Å². The summed E-state index contributed by atoms with van der Waals surface area (Å²) in [7, 11) is 0.